The molecule has 1 aromatic carbocycles. The molecule has 0 heterocycles. The fourth-order valence-corrected chi connectivity index (χ4v) is 2.97. The number of carbonyl (C=O) groups is 1. The standard InChI is InChI=1S/C18H25NO3/c20-16-3-1-2-4-17(16)22-15-10-8-14(9-11-15)19-18(21)12-7-13-5-6-13/h8-11,13,16-17,20H,1-7,12H2,(H,19,21). The van der Waals surface area contributed by atoms with Gasteiger partial charge in [-0.25, -0.2) is 0 Å². The summed E-state index contributed by atoms with van der Waals surface area (Å²) >= 11 is 0. The molecule has 0 aliphatic heterocycles. The van der Waals surface area contributed by atoms with Crippen LogP contribution in [0.1, 0.15) is 51.4 Å². The lowest BCUT2D eigenvalue weighted by Gasteiger charge is -2.28. The van der Waals surface area contributed by atoms with Gasteiger partial charge in [-0.3, -0.25) is 4.79 Å². The first-order valence-electron chi connectivity index (χ1n) is 8.45. The number of hydrogen-bond donors (Lipinski definition) is 2. The molecular formula is C18H25NO3. The zero-order chi connectivity index (χ0) is 15.4. The van der Waals surface area contributed by atoms with Crippen LogP contribution in [-0.2, 0) is 4.79 Å². The molecule has 0 spiro atoms. The van der Waals surface area contributed by atoms with Crippen LogP contribution in [0.25, 0.3) is 0 Å². The van der Waals surface area contributed by atoms with E-state index in [1.807, 2.05) is 24.3 Å². The highest BCUT2D eigenvalue weighted by molar-refractivity contribution is 5.90. The van der Waals surface area contributed by atoms with Gasteiger partial charge >= 0.3 is 0 Å². The van der Waals surface area contributed by atoms with Gasteiger partial charge < -0.3 is 15.2 Å². The highest BCUT2D eigenvalue weighted by atomic mass is 16.5. The van der Waals surface area contributed by atoms with E-state index in [2.05, 4.69) is 5.32 Å². The molecule has 22 heavy (non-hydrogen) atoms. The van der Waals surface area contributed by atoms with E-state index in [1.165, 1.54) is 12.8 Å². The van der Waals surface area contributed by atoms with E-state index in [0.29, 0.717) is 6.42 Å². The lowest BCUT2D eigenvalue weighted by Crippen LogP contribution is -2.34. The normalized spacial score (nSPS) is 24.8. The first-order valence-corrected chi connectivity index (χ1v) is 8.45. The van der Waals surface area contributed by atoms with Crippen molar-refractivity contribution in [1.82, 2.24) is 0 Å². The van der Waals surface area contributed by atoms with E-state index in [-0.39, 0.29) is 18.1 Å². The summed E-state index contributed by atoms with van der Waals surface area (Å²) in [6.45, 7) is 0. The molecule has 0 bridgehead atoms. The Labute approximate surface area is 131 Å². The SMILES string of the molecule is O=C(CCC1CC1)Nc1ccc(OC2CCCCC2O)cc1. The Kier molecular flexibility index (Phi) is 4.98. The molecule has 0 saturated heterocycles. The number of nitrogens with one attached hydrogen (secondary N) is 1. The van der Waals surface area contributed by atoms with Gasteiger partial charge in [-0.1, -0.05) is 19.3 Å². The summed E-state index contributed by atoms with van der Waals surface area (Å²) in [5, 5.41) is 12.9. The number of amides is 1. The summed E-state index contributed by atoms with van der Waals surface area (Å²) in [5.74, 6) is 1.62. The summed E-state index contributed by atoms with van der Waals surface area (Å²) in [6.07, 6.45) is 7.62. The molecule has 0 aromatic heterocycles. The van der Waals surface area contributed by atoms with Gasteiger partial charge in [0.2, 0.25) is 5.91 Å². The highest BCUT2D eigenvalue weighted by Gasteiger charge is 2.24. The fourth-order valence-electron chi connectivity index (χ4n) is 2.97. The van der Waals surface area contributed by atoms with Crippen LogP contribution in [0.5, 0.6) is 5.75 Å². The van der Waals surface area contributed by atoms with Crippen LogP contribution in [0.3, 0.4) is 0 Å². The van der Waals surface area contributed by atoms with Gasteiger partial charge in [-0.15, -0.1) is 0 Å². The zero-order valence-corrected chi connectivity index (χ0v) is 13.0. The molecule has 2 N–H and O–H groups in total. The quantitative estimate of drug-likeness (QED) is 0.845. The van der Waals surface area contributed by atoms with Crippen LogP contribution < -0.4 is 10.1 Å². The largest absolute Gasteiger partial charge is 0.488 e. The predicted octanol–water partition coefficient (Wildman–Crippen LogP) is 3.50. The number of rotatable bonds is 6. The van der Waals surface area contributed by atoms with Gasteiger partial charge in [0.15, 0.2) is 0 Å². The number of ether oxygens (including phenoxy) is 1. The van der Waals surface area contributed by atoms with Gasteiger partial charge in [0, 0.05) is 12.1 Å². The number of anilines is 1. The predicted molar refractivity (Wildman–Crippen MR) is 85.9 cm³/mol. The molecule has 2 saturated carbocycles. The summed E-state index contributed by atoms with van der Waals surface area (Å²) in [7, 11) is 0. The molecule has 2 aliphatic carbocycles. The van der Waals surface area contributed by atoms with Gasteiger partial charge in [-0.05, 0) is 55.9 Å². The molecule has 2 fully saturated rings. The van der Waals surface area contributed by atoms with E-state index < -0.39 is 0 Å². The van der Waals surface area contributed by atoms with E-state index in [9.17, 15) is 9.90 Å². The Morgan fingerprint density at radius 3 is 2.55 bits per heavy atom. The first-order chi connectivity index (χ1) is 10.7. The lowest BCUT2D eigenvalue weighted by molar-refractivity contribution is -0.116. The van der Waals surface area contributed by atoms with Crippen molar-refractivity contribution < 1.29 is 14.6 Å². The van der Waals surface area contributed by atoms with Gasteiger partial charge in [-0.2, -0.15) is 0 Å². The highest BCUT2D eigenvalue weighted by Crippen LogP contribution is 2.33. The minimum absolute atomic E-state index is 0.0864. The average Bonchev–Trinajstić information content (AvgIpc) is 3.34. The van der Waals surface area contributed by atoms with E-state index >= 15 is 0 Å². The Hall–Kier alpha value is -1.55. The third-order valence-corrected chi connectivity index (χ3v) is 4.57. The second-order valence-corrected chi connectivity index (χ2v) is 6.56. The van der Waals surface area contributed by atoms with Crippen LogP contribution >= 0.6 is 0 Å². The van der Waals surface area contributed by atoms with Crippen LogP contribution in [0, 0.1) is 5.92 Å². The molecule has 120 valence electrons. The Balaban J connectivity index is 1.47. The number of carbonyl (C=O) groups excluding carboxylic acids is 1. The van der Waals surface area contributed by atoms with Crippen molar-refractivity contribution in [2.75, 3.05) is 5.32 Å². The summed E-state index contributed by atoms with van der Waals surface area (Å²) < 4.78 is 5.85. The van der Waals surface area contributed by atoms with Crippen molar-refractivity contribution in [2.45, 2.75) is 63.6 Å². The fraction of sp³-hybridized carbons (Fsp3) is 0.611. The van der Waals surface area contributed by atoms with Crippen LogP contribution in [-0.4, -0.2) is 23.2 Å². The molecule has 1 amide bonds. The van der Waals surface area contributed by atoms with Crippen molar-refractivity contribution in [3.63, 3.8) is 0 Å². The number of hydrogen-bond acceptors (Lipinski definition) is 3. The van der Waals surface area contributed by atoms with Crippen LogP contribution in [0.4, 0.5) is 5.69 Å². The number of aliphatic hydroxyl groups is 1. The van der Waals surface area contributed by atoms with Crippen molar-refractivity contribution in [2.24, 2.45) is 5.92 Å². The lowest BCUT2D eigenvalue weighted by atomic mass is 9.95. The summed E-state index contributed by atoms with van der Waals surface area (Å²) in [4.78, 5) is 11.8. The monoisotopic (exact) mass is 303 g/mol. The van der Waals surface area contributed by atoms with Crippen molar-refractivity contribution in [3.8, 4) is 5.75 Å². The summed E-state index contributed by atoms with van der Waals surface area (Å²) in [6, 6.07) is 7.44. The average molecular weight is 303 g/mol. The molecule has 4 heteroatoms. The van der Waals surface area contributed by atoms with E-state index in [1.54, 1.807) is 0 Å². The summed E-state index contributed by atoms with van der Waals surface area (Å²) in [5.41, 5.74) is 0.803. The molecule has 2 unspecified atom stereocenters. The van der Waals surface area contributed by atoms with Gasteiger partial charge in [0.05, 0.1) is 6.10 Å². The molecule has 2 aliphatic rings. The van der Waals surface area contributed by atoms with E-state index in [4.69, 9.17) is 4.74 Å². The Morgan fingerprint density at radius 2 is 1.86 bits per heavy atom. The molecule has 4 nitrogen and oxygen atoms in total. The van der Waals surface area contributed by atoms with Crippen molar-refractivity contribution in [3.05, 3.63) is 24.3 Å². The zero-order valence-electron chi connectivity index (χ0n) is 13.0. The van der Waals surface area contributed by atoms with Crippen molar-refractivity contribution >= 4 is 11.6 Å². The maximum absolute atomic E-state index is 11.8. The van der Waals surface area contributed by atoms with Gasteiger partial charge in [0.25, 0.3) is 0 Å². The molecule has 2 atom stereocenters. The van der Waals surface area contributed by atoms with Crippen LogP contribution in [0.2, 0.25) is 0 Å². The molecule has 0 radical (unpaired) electrons. The minimum atomic E-state index is -0.365. The second-order valence-electron chi connectivity index (χ2n) is 6.56. The Bertz CT molecular complexity index is 496. The van der Waals surface area contributed by atoms with E-state index in [0.717, 1.165) is 49.5 Å². The Morgan fingerprint density at radius 1 is 1.14 bits per heavy atom. The third kappa shape index (κ3) is 4.47. The molecule has 1 aromatic rings. The minimum Gasteiger partial charge on any atom is -0.488 e. The smallest absolute Gasteiger partial charge is 0.224 e. The topological polar surface area (TPSA) is 58.6 Å². The van der Waals surface area contributed by atoms with Crippen molar-refractivity contribution in [1.29, 1.82) is 0 Å². The molecule has 3 rings (SSSR count). The maximum Gasteiger partial charge on any atom is 0.224 e. The second kappa shape index (κ2) is 7.14. The third-order valence-electron chi connectivity index (χ3n) is 4.57. The number of aliphatic hydroxyl groups excluding tert-OH is 1. The first kappa shape index (κ1) is 15.3. The maximum atomic E-state index is 11.8. The van der Waals surface area contributed by atoms with Gasteiger partial charge in [0.1, 0.15) is 11.9 Å². The molecular weight excluding hydrogens is 278 g/mol. The number of benzene rings is 1. The van der Waals surface area contributed by atoms with Crippen LogP contribution in [0.15, 0.2) is 24.3 Å².